The van der Waals surface area contributed by atoms with Crippen molar-refractivity contribution in [3.05, 3.63) is 29.3 Å². The Kier molecular flexibility index (Phi) is 3.64. The molecule has 0 saturated carbocycles. The zero-order chi connectivity index (χ0) is 14.2. The Hall–Kier alpha value is -1.40. The first-order chi connectivity index (χ1) is 8.84. The molecule has 2 rings (SSSR count). The molecule has 1 fully saturated rings. The average molecular weight is 283 g/mol. The molecule has 0 aliphatic carbocycles. The number of hydrogen-bond acceptors (Lipinski definition) is 3. The second-order valence-corrected chi connectivity index (χ2v) is 6.74. The number of aliphatic carboxylic acids is 1. The SMILES string of the molecule is Cc1ccc(C)c(S(=O)(=O)N2CCCC2C(=O)O)c1. The molecule has 1 N–H and O–H groups in total. The number of carboxylic acids is 1. The Bertz CT molecular complexity index is 609. The van der Waals surface area contributed by atoms with Gasteiger partial charge in [-0.05, 0) is 43.9 Å². The fraction of sp³-hybridized carbons (Fsp3) is 0.462. The summed E-state index contributed by atoms with van der Waals surface area (Å²) in [6.45, 7) is 3.81. The van der Waals surface area contributed by atoms with E-state index in [4.69, 9.17) is 5.11 Å². The van der Waals surface area contributed by atoms with Gasteiger partial charge < -0.3 is 5.11 Å². The van der Waals surface area contributed by atoms with E-state index in [0.717, 1.165) is 9.87 Å². The maximum absolute atomic E-state index is 12.6. The second kappa shape index (κ2) is 4.94. The van der Waals surface area contributed by atoms with Crippen molar-refractivity contribution in [1.82, 2.24) is 4.31 Å². The zero-order valence-electron chi connectivity index (χ0n) is 11.0. The first-order valence-corrected chi connectivity index (χ1v) is 7.60. The van der Waals surface area contributed by atoms with Gasteiger partial charge in [-0.2, -0.15) is 4.31 Å². The van der Waals surface area contributed by atoms with Crippen LogP contribution in [0.4, 0.5) is 0 Å². The van der Waals surface area contributed by atoms with Crippen molar-refractivity contribution in [2.45, 2.75) is 37.6 Å². The van der Waals surface area contributed by atoms with Crippen molar-refractivity contribution in [2.75, 3.05) is 6.54 Å². The molecular weight excluding hydrogens is 266 g/mol. The van der Waals surface area contributed by atoms with E-state index < -0.39 is 22.0 Å². The van der Waals surface area contributed by atoms with Gasteiger partial charge in [-0.1, -0.05) is 12.1 Å². The summed E-state index contributed by atoms with van der Waals surface area (Å²) < 4.78 is 26.3. The number of sulfonamides is 1. The van der Waals surface area contributed by atoms with E-state index in [2.05, 4.69) is 0 Å². The minimum atomic E-state index is -3.73. The van der Waals surface area contributed by atoms with Gasteiger partial charge >= 0.3 is 5.97 Å². The van der Waals surface area contributed by atoms with Gasteiger partial charge in [-0.15, -0.1) is 0 Å². The van der Waals surface area contributed by atoms with Crippen molar-refractivity contribution in [3.8, 4) is 0 Å². The van der Waals surface area contributed by atoms with Crippen LogP contribution >= 0.6 is 0 Å². The van der Waals surface area contributed by atoms with E-state index in [9.17, 15) is 13.2 Å². The first-order valence-electron chi connectivity index (χ1n) is 6.16. The molecule has 1 unspecified atom stereocenters. The monoisotopic (exact) mass is 283 g/mol. The third kappa shape index (κ3) is 2.50. The molecule has 6 heteroatoms. The topological polar surface area (TPSA) is 74.7 Å². The highest BCUT2D eigenvalue weighted by Crippen LogP contribution is 2.28. The van der Waals surface area contributed by atoms with Crippen LogP contribution in [0.1, 0.15) is 24.0 Å². The fourth-order valence-electron chi connectivity index (χ4n) is 2.39. The van der Waals surface area contributed by atoms with Gasteiger partial charge in [0.2, 0.25) is 10.0 Å². The predicted molar refractivity (Wildman–Crippen MR) is 70.5 cm³/mol. The first kappa shape index (κ1) is 14.0. The normalized spacial score (nSPS) is 20.6. The summed E-state index contributed by atoms with van der Waals surface area (Å²) in [6.07, 6.45) is 0.959. The third-order valence-electron chi connectivity index (χ3n) is 3.42. The lowest BCUT2D eigenvalue weighted by atomic mass is 10.2. The minimum absolute atomic E-state index is 0.209. The molecule has 1 saturated heterocycles. The summed E-state index contributed by atoms with van der Waals surface area (Å²) in [6, 6.07) is 4.24. The molecule has 1 aliphatic heterocycles. The standard InChI is InChI=1S/C13H17NO4S/c1-9-5-6-10(2)12(8-9)19(17,18)14-7-3-4-11(14)13(15)16/h5-6,8,11H,3-4,7H2,1-2H3,(H,15,16). The van der Waals surface area contributed by atoms with Gasteiger partial charge in [0, 0.05) is 6.54 Å². The molecule has 0 aromatic heterocycles. The maximum atomic E-state index is 12.6. The summed E-state index contributed by atoms with van der Waals surface area (Å²) in [7, 11) is -3.73. The highest BCUT2D eigenvalue weighted by molar-refractivity contribution is 7.89. The van der Waals surface area contributed by atoms with E-state index >= 15 is 0 Å². The summed E-state index contributed by atoms with van der Waals surface area (Å²) in [5.74, 6) is -1.08. The maximum Gasteiger partial charge on any atom is 0.322 e. The van der Waals surface area contributed by atoms with Crippen LogP contribution in [0.2, 0.25) is 0 Å². The third-order valence-corrected chi connectivity index (χ3v) is 5.47. The number of rotatable bonds is 3. The second-order valence-electron chi connectivity index (χ2n) is 4.88. The smallest absolute Gasteiger partial charge is 0.322 e. The van der Waals surface area contributed by atoms with Crippen molar-refractivity contribution in [3.63, 3.8) is 0 Å². The van der Waals surface area contributed by atoms with Gasteiger partial charge in [-0.3, -0.25) is 4.79 Å². The number of hydrogen-bond donors (Lipinski definition) is 1. The summed E-state index contributed by atoms with van der Waals surface area (Å²) in [5, 5.41) is 9.11. The zero-order valence-corrected chi connectivity index (χ0v) is 11.8. The summed E-state index contributed by atoms with van der Waals surface area (Å²) in [5.41, 5.74) is 1.48. The molecule has 0 amide bonds. The van der Waals surface area contributed by atoms with E-state index in [1.807, 2.05) is 13.0 Å². The van der Waals surface area contributed by atoms with Crippen LogP contribution in [0.5, 0.6) is 0 Å². The Morgan fingerprint density at radius 1 is 1.37 bits per heavy atom. The van der Waals surface area contributed by atoms with E-state index in [-0.39, 0.29) is 11.4 Å². The van der Waals surface area contributed by atoms with Crippen LogP contribution in [-0.2, 0) is 14.8 Å². The quantitative estimate of drug-likeness (QED) is 0.913. The fourth-order valence-corrected chi connectivity index (χ4v) is 4.35. The van der Waals surface area contributed by atoms with E-state index in [1.165, 1.54) is 0 Å². The Morgan fingerprint density at radius 2 is 2.05 bits per heavy atom. The van der Waals surface area contributed by atoms with E-state index in [0.29, 0.717) is 18.4 Å². The van der Waals surface area contributed by atoms with Gasteiger partial charge in [0.25, 0.3) is 0 Å². The molecule has 1 aliphatic rings. The molecular formula is C13H17NO4S. The van der Waals surface area contributed by atoms with Crippen LogP contribution in [0.3, 0.4) is 0 Å². The number of aryl methyl sites for hydroxylation is 2. The molecule has 1 aromatic carbocycles. The van der Waals surface area contributed by atoms with Crippen molar-refractivity contribution < 1.29 is 18.3 Å². The lowest BCUT2D eigenvalue weighted by Crippen LogP contribution is -2.40. The molecule has 1 aromatic rings. The van der Waals surface area contributed by atoms with Crippen LogP contribution in [0, 0.1) is 13.8 Å². The summed E-state index contributed by atoms with van der Waals surface area (Å²) in [4.78, 5) is 11.3. The van der Waals surface area contributed by atoms with Crippen molar-refractivity contribution in [2.24, 2.45) is 0 Å². The largest absolute Gasteiger partial charge is 0.480 e. The summed E-state index contributed by atoms with van der Waals surface area (Å²) >= 11 is 0. The Balaban J connectivity index is 2.48. The molecule has 19 heavy (non-hydrogen) atoms. The molecule has 0 bridgehead atoms. The van der Waals surface area contributed by atoms with Crippen molar-refractivity contribution >= 4 is 16.0 Å². The van der Waals surface area contributed by atoms with Gasteiger partial charge in [0.1, 0.15) is 6.04 Å². The number of carbonyl (C=O) groups is 1. The number of benzene rings is 1. The highest BCUT2D eigenvalue weighted by Gasteiger charge is 2.39. The predicted octanol–water partition coefficient (Wildman–Crippen LogP) is 1.54. The average Bonchev–Trinajstić information content (AvgIpc) is 2.82. The molecule has 0 spiro atoms. The minimum Gasteiger partial charge on any atom is -0.480 e. The lowest BCUT2D eigenvalue weighted by molar-refractivity contribution is -0.140. The molecule has 1 heterocycles. The van der Waals surface area contributed by atoms with Gasteiger partial charge in [0.15, 0.2) is 0 Å². The Labute approximate surface area is 112 Å². The molecule has 0 radical (unpaired) electrons. The Morgan fingerprint density at radius 3 is 2.68 bits per heavy atom. The van der Waals surface area contributed by atoms with Crippen LogP contribution in [-0.4, -0.2) is 36.4 Å². The van der Waals surface area contributed by atoms with E-state index in [1.54, 1.807) is 19.1 Å². The molecule has 1 atom stereocenters. The van der Waals surface area contributed by atoms with Crippen LogP contribution in [0.25, 0.3) is 0 Å². The van der Waals surface area contributed by atoms with Gasteiger partial charge in [0.05, 0.1) is 4.90 Å². The van der Waals surface area contributed by atoms with Crippen molar-refractivity contribution in [1.29, 1.82) is 0 Å². The van der Waals surface area contributed by atoms with Crippen LogP contribution in [0.15, 0.2) is 23.1 Å². The molecule has 5 nitrogen and oxygen atoms in total. The number of carboxylic acid groups (broad SMARTS) is 1. The highest BCUT2D eigenvalue weighted by atomic mass is 32.2. The van der Waals surface area contributed by atoms with Crippen LogP contribution < -0.4 is 0 Å². The molecule has 104 valence electrons. The lowest BCUT2D eigenvalue weighted by Gasteiger charge is -2.22. The number of nitrogens with zero attached hydrogens (tertiary/aromatic N) is 1. The van der Waals surface area contributed by atoms with Gasteiger partial charge in [-0.25, -0.2) is 8.42 Å².